The van der Waals surface area contributed by atoms with Crippen LogP contribution in [0.3, 0.4) is 0 Å². The molecular weight excluding hydrogens is 168 g/mol. The average Bonchev–Trinajstić information content (AvgIpc) is 2.20. The lowest BCUT2D eigenvalue weighted by atomic mass is 9.87. The summed E-state index contributed by atoms with van der Waals surface area (Å²) in [7, 11) is 0. The normalized spacial score (nSPS) is 17.4. The Kier molecular flexibility index (Phi) is 5.36. The van der Waals surface area contributed by atoms with Gasteiger partial charge in [-0.2, -0.15) is 0 Å². The summed E-state index contributed by atoms with van der Waals surface area (Å²) in [5, 5.41) is 0. The minimum Gasteiger partial charge on any atom is -0.103 e. The molecule has 1 saturated carbocycles. The largest absolute Gasteiger partial charge is 0.103 e. The van der Waals surface area contributed by atoms with E-state index in [4.69, 9.17) is 0 Å². The second kappa shape index (κ2) is 6.64. The molecule has 14 heavy (non-hydrogen) atoms. The zero-order valence-corrected chi connectivity index (χ0v) is 9.17. The monoisotopic (exact) mass is 190 g/mol. The zero-order chi connectivity index (χ0) is 10.2. The maximum absolute atomic E-state index is 3.80. The molecule has 1 fully saturated rings. The van der Waals surface area contributed by atoms with E-state index in [1.165, 1.54) is 37.7 Å². The van der Waals surface area contributed by atoms with Gasteiger partial charge in [-0.25, -0.2) is 0 Å². The fraction of sp³-hybridized carbons (Fsp3) is 0.571. The van der Waals surface area contributed by atoms with Crippen LogP contribution in [0.4, 0.5) is 0 Å². The minimum atomic E-state index is 0.832. The summed E-state index contributed by atoms with van der Waals surface area (Å²) in [6.07, 6.45) is 15.6. The average molecular weight is 190 g/mol. The van der Waals surface area contributed by atoms with Crippen molar-refractivity contribution >= 4 is 0 Å². The predicted octanol–water partition coefficient (Wildman–Crippen LogP) is 4.65. The summed E-state index contributed by atoms with van der Waals surface area (Å²) in [4.78, 5) is 0. The van der Waals surface area contributed by atoms with Crippen molar-refractivity contribution in [2.45, 2.75) is 44.9 Å². The van der Waals surface area contributed by atoms with Crippen LogP contribution in [0.1, 0.15) is 44.9 Å². The molecule has 0 bridgehead atoms. The van der Waals surface area contributed by atoms with Crippen molar-refractivity contribution in [2.24, 2.45) is 5.92 Å². The minimum absolute atomic E-state index is 0.832. The quantitative estimate of drug-likeness (QED) is 0.554. The second-order valence-electron chi connectivity index (χ2n) is 4.21. The summed E-state index contributed by atoms with van der Waals surface area (Å²) in [5.41, 5.74) is 1.50. The standard InChI is InChI=1S/C14H22/c1-3-8-13(9-4-2)12-14-10-6-5-7-11-14/h3-4,12,14H,1-2,5-11H2. The van der Waals surface area contributed by atoms with Crippen molar-refractivity contribution in [3.05, 3.63) is 37.0 Å². The van der Waals surface area contributed by atoms with Crippen molar-refractivity contribution < 1.29 is 0 Å². The molecule has 0 amide bonds. The first kappa shape index (κ1) is 11.3. The van der Waals surface area contributed by atoms with Gasteiger partial charge in [-0.05, 0) is 31.6 Å². The Hall–Kier alpha value is -0.780. The molecule has 1 aliphatic carbocycles. The van der Waals surface area contributed by atoms with Crippen LogP contribution in [-0.4, -0.2) is 0 Å². The fourth-order valence-corrected chi connectivity index (χ4v) is 2.22. The van der Waals surface area contributed by atoms with Crippen LogP contribution in [0.5, 0.6) is 0 Å². The Morgan fingerprint density at radius 1 is 1.00 bits per heavy atom. The van der Waals surface area contributed by atoms with Crippen LogP contribution in [0, 0.1) is 5.92 Å². The Labute approximate surface area is 88.4 Å². The van der Waals surface area contributed by atoms with Crippen molar-refractivity contribution in [1.82, 2.24) is 0 Å². The zero-order valence-electron chi connectivity index (χ0n) is 9.17. The van der Waals surface area contributed by atoms with Gasteiger partial charge in [0.05, 0.1) is 0 Å². The highest BCUT2D eigenvalue weighted by atomic mass is 14.2. The van der Waals surface area contributed by atoms with Crippen LogP contribution in [0.25, 0.3) is 0 Å². The molecule has 0 aromatic rings. The van der Waals surface area contributed by atoms with Gasteiger partial charge < -0.3 is 0 Å². The highest BCUT2D eigenvalue weighted by Gasteiger charge is 2.10. The first-order valence-corrected chi connectivity index (χ1v) is 5.78. The molecule has 0 spiro atoms. The van der Waals surface area contributed by atoms with Crippen LogP contribution in [-0.2, 0) is 0 Å². The van der Waals surface area contributed by atoms with Crippen LogP contribution >= 0.6 is 0 Å². The van der Waals surface area contributed by atoms with Gasteiger partial charge in [0.15, 0.2) is 0 Å². The topological polar surface area (TPSA) is 0 Å². The molecule has 1 rings (SSSR count). The van der Waals surface area contributed by atoms with Crippen molar-refractivity contribution in [3.8, 4) is 0 Å². The molecule has 0 aromatic heterocycles. The number of hydrogen-bond acceptors (Lipinski definition) is 0. The Morgan fingerprint density at radius 2 is 1.57 bits per heavy atom. The van der Waals surface area contributed by atoms with Gasteiger partial charge in [0.1, 0.15) is 0 Å². The number of hydrogen-bond donors (Lipinski definition) is 0. The maximum Gasteiger partial charge on any atom is -0.0138 e. The summed E-state index contributed by atoms with van der Waals surface area (Å²) < 4.78 is 0. The molecule has 0 radical (unpaired) electrons. The molecule has 0 nitrogen and oxygen atoms in total. The summed E-state index contributed by atoms with van der Waals surface area (Å²) in [6.45, 7) is 7.60. The Balaban J connectivity index is 2.49. The van der Waals surface area contributed by atoms with E-state index in [9.17, 15) is 0 Å². The number of rotatable bonds is 5. The van der Waals surface area contributed by atoms with E-state index in [0.29, 0.717) is 0 Å². The third-order valence-electron chi connectivity index (χ3n) is 2.93. The highest BCUT2D eigenvalue weighted by molar-refractivity contribution is 5.11. The van der Waals surface area contributed by atoms with E-state index >= 15 is 0 Å². The number of allylic oxidation sites excluding steroid dienone is 4. The van der Waals surface area contributed by atoms with Gasteiger partial charge in [0, 0.05) is 0 Å². The summed E-state index contributed by atoms with van der Waals surface area (Å²) in [6, 6.07) is 0. The highest BCUT2D eigenvalue weighted by Crippen LogP contribution is 2.26. The molecule has 78 valence electrons. The van der Waals surface area contributed by atoms with E-state index in [1.807, 2.05) is 12.2 Å². The van der Waals surface area contributed by atoms with Crippen molar-refractivity contribution in [2.75, 3.05) is 0 Å². The molecular formula is C14H22. The lowest BCUT2D eigenvalue weighted by molar-refractivity contribution is 0.417. The molecule has 0 aliphatic heterocycles. The second-order valence-corrected chi connectivity index (χ2v) is 4.21. The van der Waals surface area contributed by atoms with E-state index in [2.05, 4.69) is 19.2 Å². The molecule has 0 heteroatoms. The first-order chi connectivity index (χ1) is 6.86. The van der Waals surface area contributed by atoms with Crippen molar-refractivity contribution in [1.29, 1.82) is 0 Å². The van der Waals surface area contributed by atoms with Crippen LogP contribution in [0.2, 0.25) is 0 Å². The third kappa shape index (κ3) is 3.95. The fourth-order valence-electron chi connectivity index (χ4n) is 2.22. The van der Waals surface area contributed by atoms with Gasteiger partial charge in [0.2, 0.25) is 0 Å². The summed E-state index contributed by atoms with van der Waals surface area (Å²) >= 11 is 0. The van der Waals surface area contributed by atoms with Gasteiger partial charge in [-0.15, -0.1) is 13.2 Å². The molecule has 0 unspecified atom stereocenters. The SMILES string of the molecule is C=CCC(=CC1CCCCC1)CC=C. The predicted molar refractivity (Wildman–Crippen MR) is 64.3 cm³/mol. The van der Waals surface area contributed by atoms with Gasteiger partial charge in [-0.3, -0.25) is 0 Å². The van der Waals surface area contributed by atoms with Crippen LogP contribution < -0.4 is 0 Å². The van der Waals surface area contributed by atoms with Crippen LogP contribution in [0.15, 0.2) is 37.0 Å². The molecule has 0 saturated heterocycles. The Morgan fingerprint density at radius 3 is 2.07 bits per heavy atom. The molecule has 0 heterocycles. The van der Waals surface area contributed by atoms with Gasteiger partial charge >= 0.3 is 0 Å². The van der Waals surface area contributed by atoms with Crippen molar-refractivity contribution in [3.63, 3.8) is 0 Å². The molecule has 0 atom stereocenters. The third-order valence-corrected chi connectivity index (χ3v) is 2.93. The first-order valence-electron chi connectivity index (χ1n) is 5.78. The van der Waals surface area contributed by atoms with E-state index in [1.54, 1.807) is 0 Å². The van der Waals surface area contributed by atoms with Gasteiger partial charge in [0.25, 0.3) is 0 Å². The molecule has 0 aromatic carbocycles. The summed E-state index contributed by atoms with van der Waals surface area (Å²) in [5.74, 6) is 0.832. The smallest absolute Gasteiger partial charge is 0.0138 e. The molecule has 0 N–H and O–H groups in total. The van der Waals surface area contributed by atoms with E-state index in [-0.39, 0.29) is 0 Å². The lowest BCUT2D eigenvalue weighted by Gasteiger charge is -2.19. The Bertz CT molecular complexity index is 192. The molecule has 1 aliphatic rings. The maximum atomic E-state index is 3.80. The van der Waals surface area contributed by atoms with E-state index in [0.717, 1.165) is 18.8 Å². The van der Waals surface area contributed by atoms with E-state index < -0.39 is 0 Å². The lowest BCUT2D eigenvalue weighted by Crippen LogP contribution is -2.03. The van der Waals surface area contributed by atoms with Gasteiger partial charge in [-0.1, -0.05) is 43.1 Å².